The average Bonchev–Trinajstić information content (AvgIpc) is 3.47. The Morgan fingerprint density at radius 3 is 1.31 bits per heavy atom. The van der Waals surface area contributed by atoms with E-state index in [1.807, 2.05) is 0 Å². The van der Waals surface area contributed by atoms with Gasteiger partial charge in [0.05, 0.1) is 0 Å². The third-order valence-corrected chi connectivity index (χ3v) is 10.7. The summed E-state index contributed by atoms with van der Waals surface area (Å²) in [6.45, 7) is 0. The minimum Gasteiger partial charge on any atom is -0.0622 e. The predicted octanol–water partition coefficient (Wildman–Crippen LogP) is 13.5. The lowest BCUT2D eigenvalue weighted by Crippen LogP contribution is -1.93. The number of benzene rings is 10. The molecule has 1 aliphatic rings. The van der Waals surface area contributed by atoms with Crippen LogP contribution in [0.1, 0.15) is 0 Å². The number of fused-ring (bicyclic) bond motifs is 5. The van der Waals surface area contributed by atoms with Crippen molar-refractivity contribution in [3.63, 3.8) is 0 Å². The minimum absolute atomic E-state index is 1.24. The molecule has 10 aromatic rings. The summed E-state index contributed by atoms with van der Waals surface area (Å²) < 4.78 is 0. The fourth-order valence-corrected chi connectivity index (χ4v) is 8.80. The van der Waals surface area contributed by atoms with E-state index in [9.17, 15) is 0 Å². The van der Waals surface area contributed by atoms with Crippen molar-refractivity contribution < 1.29 is 0 Å². The minimum atomic E-state index is 1.24. The highest BCUT2D eigenvalue weighted by atomic mass is 14.3. The van der Waals surface area contributed by atoms with Crippen LogP contribution in [0.5, 0.6) is 0 Å². The van der Waals surface area contributed by atoms with Crippen molar-refractivity contribution in [1.82, 2.24) is 0 Å². The average molecular weight is 605 g/mol. The van der Waals surface area contributed by atoms with E-state index in [-0.39, 0.29) is 0 Å². The summed E-state index contributed by atoms with van der Waals surface area (Å²) in [4.78, 5) is 0. The molecule has 1 aliphatic carbocycles. The summed E-state index contributed by atoms with van der Waals surface area (Å²) in [5, 5.41) is 13.2. The van der Waals surface area contributed by atoms with Crippen molar-refractivity contribution >= 4 is 53.9 Å². The van der Waals surface area contributed by atoms with Gasteiger partial charge in [-0.05, 0) is 122 Å². The van der Waals surface area contributed by atoms with Crippen LogP contribution in [-0.4, -0.2) is 0 Å². The summed E-state index contributed by atoms with van der Waals surface area (Å²) in [6.07, 6.45) is 0. The molecule has 0 aliphatic heterocycles. The first-order chi connectivity index (χ1) is 23.8. The van der Waals surface area contributed by atoms with Gasteiger partial charge >= 0.3 is 0 Å². The van der Waals surface area contributed by atoms with Crippen molar-refractivity contribution in [2.45, 2.75) is 0 Å². The highest BCUT2D eigenvalue weighted by molar-refractivity contribution is 6.37. The molecule has 10 aromatic carbocycles. The van der Waals surface area contributed by atoms with Gasteiger partial charge in [0.2, 0.25) is 0 Å². The summed E-state index contributed by atoms with van der Waals surface area (Å²) in [6, 6.07) is 63.1. The topological polar surface area (TPSA) is 0 Å². The lowest BCUT2D eigenvalue weighted by atomic mass is 9.82. The lowest BCUT2D eigenvalue weighted by Gasteiger charge is -2.20. The molecule has 0 radical (unpaired) electrons. The van der Waals surface area contributed by atoms with E-state index in [1.165, 1.54) is 109 Å². The van der Waals surface area contributed by atoms with Crippen molar-refractivity contribution in [3.8, 4) is 55.6 Å². The van der Waals surface area contributed by atoms with Crippen molar-refractivity contribution in [3.05, 3.63) is 170 Å². The summed E-state index contributed by atoms with van der Waals surface area (Å²) in [5.41, 5.74) is 13.0. The normalized spacial score (nSPS) is 12.2. The monoisotopic (exact) mass is 604 g/mol. The first-order valence-corrected chi connectivity index (χ1v) is 16.8. The molecule has 11 rings (SSSR count). The van der Waals surface area contributed by atoms with Crippen molar-refractivity contribution in [1.29, 1.82) is 0 Å². The molecule has 0 heterocycles. The van der Waals surface area contributed by atoms with Gasteiger partial charge in [0.15, 0.2) is 0 Å². The molecule has 0 saturated carbocycles. The van der Waals surface area contributed by atoms with Gasteiger partial charge in [-0.25, -0.2) is 0 Å². The van der Waals surface area contributed by atoms with E-state index in [2.05, 4.69) is 170 Å². The Bertz CT molecular complexity index is 2900. The van der Waals surface area contributed by atoms with Crippen LogP contribution in [0.25, 0.3) is 109 Å². The quantitative estimate of drug-likeness (QED) is 0.139. The molecule has 0 nitrogen and oxygen atoms in total. The highest BCUT2D eigenvalue weighted by Gasteiger charge is 2.30. The van der Waals surface area contributed by atoms with Crippen LogP contribution >= 0.6 is 0 Å². The van der Waals surface area contributed by atoms with Gasteiger partial charge in [0, 0.05) is 0 Å². The van der Waals surface area contributed by atoms with E-state index in [0.29, 0.717) is 0 Å². The second-order valence-corrected chi connectivity index (χ2v) is 13.1. The first kappa shape index (κ1) is 25.9. The van der Waals surface area contributed by atoms with Crippen LogP contribution in [0, 0.1) is 0 Å². The van der Waals surface area contributed by atoms with Crippen LogP contribution < -0.4 is 0 Å². The van der Waals surface area contributed by atoms with Crippen LogP contribution in [0.3, 0.4) is 0 Å². The Morgan fingerprint density at radius 1 is 0.229 bits per heavy atom. The van der Waals surface area contributed by atoms with Crippen molar-refractivity contribution in [2.24, 2.45) is 0 Å². The molecule has 0 fully saturated rings. The zero-order chi connectivity index (χ0) is 31.3. The Hall–Kier alpha value is -6.24. The molecule has 48 heavy (non-hydrogen) atoms. The molecular formula is C48H28. The van der Waals surface area contributed by atoms with Gasteiger partial charge in [-0.3, -0.25) is 0 Å². The Labute approximate surface area is 278 Å². The standard InChI is InChI=1S/C48H28/c1-4-13-29(14-5-1)42-34-20-10-11-21-35(34)43(30-15-6-2-7-16-30)41-28-39-38(27-40(41)42)36-26-25-33-24-23-32-19-12-22-37-44(32)46(33)47(36)48(39)45(37)31-17-8-3-9-18-31/h1-28H. The fourth-order valence-electron chi connectivity index (χ4n) is 8.80. The Kier molecular flexibility index (Phi) is 5.20. The second-order valence-electron chi connectivity index (χ2n) is 13.1. The maximum absolute atomic E-state index is 2.53. The zero-order valence-corrected chi connectivity index (χ0v) is 26.2. The Balaban J connectivity index is 1.39. The molecule has 0 N–H and O–H groups in total. The van der Waals surface area contributed by atoms with E-state index >= 15 is 0 Å². The fraction of sp³-hybridized carbons (Fsp3) is 0. The van der Waals surface area contributed by atoms with Gasteiger partial charge in [-0.2, -0.15) is 0 Å². The van der Waals surface area contributed by atoms with Gasteiger partial charge in [0.25, 0.3) is 0 Å². The first-order valence-electron chi connectivity index (χ1n) is 16.8. The maximum Gasteiger partial charge on any atom is -0.000740 e. The van der Waals surface area contributed by atoms with E-state index in [0.717, 1.165) is 0 Å². The van der Waals surface area contributed by atoms with Gasteiger partial charge in [-0.15, -0.1) is 0 Å². The zero-order valence-electron chi connectivity index (χ0n) is 26.2. The smallest absolute Gasteiger partial charge is 0.000740 e. The molecular weight excluding hydrogens is 577 g/mol. The molecule has 0 saturated heterocycles. The third kappa shape index (κ3) is 3.39. The maximum atomic E-state index is 2.53. The summed E-state index contributed by atoms with van der Waals surface area (Å²) >= 11 is 0. The number of hydrogen-bond acceptors (Lipinski definition) is 0. The second kappa shape index (κ2) is 9.64. The van der Waals surface area contributed by atoms with Gasteiger partial charge in [-0.1, -0.05) is 158 Å². The van der Waals surface area contributed by atoms with Crippen LogP contribution in [0.2, 0.25) is 0 Å². The third-order valence-electron chi connectivity index (χ3n) is 10.7. The van der Waals surface area contributed by atoms with Gasteiger partial charge in [0.1, 0.15) is 0 Å². The summed E-state index contributed by atoms with van der Waals surface area (Å²) in [5.74, 6) is 0. The molecule has 0 aromatic heterocycles. The van der Waals surface area contributed by atoms with Crippen LogP contribution in [0.15, 0.2) is 170 Å². The Morgan fingerprint density at radius 2 is 0.708 bits per heavy atom. The van der Waals surface area contributed by atoms with Crippen LogP contribution in [0.4, 0.5) is 0 Å². The van der Waals surface area contributed by atoms with Crippen molar-refractivity contribution in [2.75, 3.05) is 0 Å². The van der Waals surface area contributed by atoms with E-state index < -0.39 is 0 Å². The SMILES string of the molecule is c1ccc(-c2c3ccccc3c(-c3ccccc3)c3cc4c(cc23)-c2ccc3ccc5cccc6c(-c7ccccc7)c-4c2c3c56)cc1. The van der Waals surface area contributed by atoms with E-state index in [1.54, 1.807) is 0 Å². The highest BCUT2D eigenvalue weighted by Crippen LogP contribution is 2.58. The largest absolute Gasteiger partial charge is 0.0622 e. The molecule has 0 spiro atoms. The summed E-state index contributed by atoms with van der Waals surface area (Å²) in [7, 11) is 0. The van der Waals surface area contributed by atoms with E-state index in [4.69, 9.17) is 0 Å². The predicted molar refractivity (Wildman–Crippen MR) is 206 cm³/mol. The number of rotatable bonds is 3. The molecule has 0 bridgehead atoms. The van der Waals surface area contributed by atoms with Gasteiger partial charge < -0.3 is 0 Å². The number of hydrogen-bond donors (Lipinski definition) is 0. The molecule has 0 heteroatoms. The molecule has 0 amide bonds. The molecule has 220 valence electrons. The van der Waals surface area contributed by atoms with Crippen LogP contribution in [-0.2, 0) is 0 Å². The lowest BCUT2D eigenvalue weighted by molar-refractivity contribution is 1.64. The molecule has 0 atom stereocenters. The molecule has 0 unspecified atom stereocenters.